The van der Waals surface area contributed by atoms with Crippen molar-refractivity contribution in [1.82, 2.24) is 9.88 Å². The van der Waals surface area contributed by atoms with Crippen LogP contribution in [-0.4, -0.2) is 41.1 Å². The summed E-state index contributed by atoms with van der Waals surface area (Å²) >= 11 is 0. The highest BCUT2D eigenvalue weighted by Crippen LogP contribution is 2.27. The van der Waals surface area contributed by atoms with E-state index in [9.17, 15) is 4.79 Å². The minimum atomic E-state index is -0.0312. The number of hydrogen-bond acceptors (Lipinski definition) is 5. The molecule has 3 rings (SSSR count). The van der Waals surface area contributed by atoms with Crippen LogP contribution in [0, 0.1) is 0 Å². The SMILES string of the molecule is NNc1ccncc1C(=O)N1CC2CCC(C1)O2. The van der Waals surface area contributed by atoms with Crippen LogP contribution in [0.5, 0.6) is 0 Å². The van der Waals surface area contributed by atoms with Crippen LogP contribution < -0.4 is 11.3 Å². The number of morpholine rings is 1. The van der Waals surface area contributed by atoms with E-state index in [1.54, 1.807) is 18.5 Å². The predicted octanol–water partition coefficient (Wildman–Crippen LogP) is 0.371. The number of nitrogen functional groups attached to an aromatic ring is 1. The molecule has 1 aromatic heterocycles. The van der Waals surface area contributed by atoms with Crippen LogP contribution in [0.3, 0.4) is 0 Å². The van der Waals surface area contributed by atoms with Crippen LogP contribution in [0.15, 0.2) is 18.5 Å². The maximum absolute atomic E-state index is 12.4. The highest BCUT2D eigenvalue weighted by atomic mass is 16.5. The van der Waals surface area contributed by atoms with Gasteiger partial charge in [-0.05, 0) is 18.9 Å². The second kappa shape index (κ2) is 4.55. The maximum atomic E-state index is 12.4. The number of aromatic nitrogens is 1. The average Bonchev–Trinajstić information content (AvgIpc) is 2.76. The van der Waals surface area contributed by atoms with Gasteiger partial charge in [-0.2, -0.15) is 0 Å². The van der Waals surface area contributed by atoms with E-state index >= 15 is 0 Å². The summed E-state index contributed by atoms with van der Waals surface area (Å²) in [5, 5.41) is 0. The van der Waals surface area contributed by atoms with E-state index in [2.05, 4.69) is 10.4 Å². The first-order valence-electron chi connectivity index (χ1n) is 6.13. The fourth-order valence-corrected chi connectivity index (χ4v) is 2.64. The number of amides is 1. The predicted molar refractivity (Wildman–Crippen MR) is 65.8 cm³/mol. The third kappa shape index (κ3) is 1.93. The minimum absolute atomic E-state index is 0.0312. The Morgan fingerprint density at radius 1 is 1.44 bits per heavy atom. The van der Waals surface area contributed by atoms with Gasteiger partial charge in [-0.15, -0.1) is 0 Å². The van der Waals surface area contributed by atoms with Crippen molar-refractivity contribution >= 4 is 11.6 Å². The van der Waals surface area contributed by atoms with Gasteiger partial charge in [0, 0.05) is 25.5 Å². The van der Waals surface area contributed by atoms with Crippen molar-refractivity contribution in [3.8, 4) is 0 Å². The van der Waals surface area contributed by atoms with Crippen molar-refractivity contribution in [2.45, 2.75) is 25.0 Å². The highest BCUT2D eigenvalue weighted by molar-refractivity contribution is 5.99. The van der Waals surface area contributed by atoms with Gasteiger partial charge in [0.25, 0.3) is 5.91 Å². The molecule has 0 spiro atoms. The Balaban J connectivity index is 1.82. The number of anilines is 1. The van der Waals surface area contributed by atoms with Crippen LogP contribution in [0.25, 0.3) is 0 Å². The van der Waals surface area contributed by atoms with Crippen LogP contribution in [0.1, 0.15) is 23.2 Å². The molecule has 1 amide bonds. The highest BCUT2D eigenvalue weighted by Gasteiger charge is 2.36. The van der Waals surface area contributed by atoms with Crippen molar-refractivity contribution in [2.24, 2.45) is 5.84 Å². The summed E-state index contributed by atoms with van der Waals surface area (Å²) in [5.41, 5.74) is 3.66. The topological polar surface area (TPSA) is 80.5 Å². The molecule has 2 aliphatic rings. The summed E-state index contributed by atoms with van der Waals surface area (Å²) < 4.78 is 5.72. The number of nitrogens with two attached hydrogens (primary N) is 1. The van der Waals surface area contributed by atoms with E-state index in [-0.39, 0.29) is 18.1 Å². The number of pyridine rings is 1. The zero-order valence-corrected chi connectivity index (χ0v) is 10.0. The molecule has 2 atom stereocenters. The van der Waals surface area contributed by atoms with E-state index in [0.717, 1.165) is 12.8 Å². The molecule has 3 N–H and O–H groups in total. The lowest BCUT2D eigenvalue weighted by Crippen LogP contribution is -2.46. The van der Waals surface area contributed by atoms with Crippen molar-refractivity contribution in [1.29, 1.82) is 0 Å². The Labute approximate surface area is 105 Å². The second-order valence-electron chi connectivity index (χ2n) is 4.73. The first-order chi connectivity index (χ1) is 8.78. The van der Waals surface area contributed by atoms with Gasteiger partial charge in [0.05, 0.1) is 23.5 Å². The number of carbonyl (C=O) groups is 1. The molecule has 0 aromatic carbocycles. The smallest absolute Gasteiger partial charge is 0.257 e. The van der Waals surface area contributed by atoms with E-state index in [4.69, 9.17) is 10.6 Å². The van der Waals surface area contributed by atoms with Crippen molar-refractivity contribution in [3.05, 3.63) is 24.0 Å². The van der Waals surface area contributed by atoms with Crippen molar-refractivity contribution in [2.75, 3.05) is 18.5 Å². The molecule has 18 heavy (non-hydrogen) atoms. The van der Waals surface area contributed by atoms with Crippen LogP contribution in [0.4, 0.5) is 5.69 Å². The molecule has 6 nitrogen and oxygen atoms in total. The molecular weight excluding hydrogens is 232 g/mol. The Kier molecular flexibility index (Phi) is 2.89. The molecule has 0 radical (unpaired) electrons. The number of nitrogens with one attached hydrogen (secondary N) is 1. The van der Waals surface area contributed by atoms with Gasteiger partial charge in [0.2, 0.25) is 0 Å². The summed E-state index contributed by atoms with van der Waals surface area (Å²) in [5.74, 6) is 5.38. The van der Waals surface area contributed by atoms with E-state index < -0.39 is 0 Å². The number of nitrogens with zero attached hydrogens (tertiary/aromatic N) is 2. The Bertz CT molecular complexity index is 453. The quantitative estimate of drug-likeness (QED) is 0.584. The van der Waals surface area contributed by atoms with Gasteiger partial charge in [-0.25, -0.2) is 0 Å². The summed E-state index contributed by atoms with van der Waals surface area (Å²) in [6.45, 7) is 1.32. The lowest BCUT2D eigenvalue weighted by atomic mass is 10.2. The van der Waals surface area contributed by atoms with E-state index in [1.165, 1.54) is 0 Å². The molecule has 2 saturated heterocycles. The van der Waals surface area contributed by atoms with Crippen LogP contribution in [0.2, 0.25) is 0 Å². The summed E-state index contributed by atoms with van der Waals surface area (Å²) in [6.07, 6.45) is 5.63. The molecule has 0 saturated carbocycles. The van der Waals surface area contributed by atoms with Gasteiger partial charge in [-0.1, -0.05) is 0 Å². The van der Waals surface area contributed by atoms with Gasteiger partial charge in [-0.3, -0.25) is 15.6 Å². The molecule has 6 heteroatoms. The number of carbonyl (C=O) groups excluding carboxylic acids is 1. The summed E-state index contributed by atoms with van der Waals surface area (Å²) in [4.78, 5) is 18.3. The van der Waals surface area contributed by atoms with Crippen molar-refractivity contribution in [3.63, 3.8) is 0 Å². The largest absolute Gasteiger partial charge is 0.371 e. The number of hydrogen-bond donors (Lipinski definition) is 2. The molecule has 2 unspecified atom stereocenters. The number of hydrazine groups is 1. The number of rotatable bonds is 2. The molecule has 2 fully saturated rings. The van der Waals surface area contributed by atoms with Crippen LogP contribution >= 0.6 is 0 Å². The maximum Gasteiger partial charge on any atom is 0.257 e. The number of ether oxygens (including phenoxy) is 1. The van der Waals surface area contributed by atoms with Gasteiger partial charge >= 0.3 is 0 Å². The third-order valence-corrected chi connectivity index (χ3v) is 3.54. The zero-order valence-electron chi connectivity index (χ0n) is 10.0. The minimum Gasteiger partial charge on any atom is -0.371 e. The Morgan fingerprint density at radius 3 is 2.83 bits per heavy atom. The lowest BCUT2D eigenvalue weighted by molar-refractivity contribution is -0.0303. The molecule has 3 heterocycles. The van der Waals surface area contributed by atoms with Gasteiger partial charge in [0.15, 0.2) is 0 Å². The first kappa shape index (κ1) is 11.4. The standard InChI is InChI=1S/C12H16N4O2/c13-15-11-3-4-14-5-10(11)12(17)16-6-8-1-2-9(7-16)18-8/h3-5,8-9H,1-2,6-7,13H2,(H,14,15). The van der Waals surface area contributed by atoms with E-state index in [0.29, 0.717) is 24.3 Å². The van der Waals surface area contributed by atoms with Gasteiger partial charge in [0.1, 0.15) is 0 Å². The Morgan fingerprint density at radius 2 is 2.17 bits per heavy atom. The number of likely N-dealkylation sites (tertiary alicyclic amines) is 1. The lowest BCUT2D eigenvalue weighted by Gasteiger charge is -2.32. The average molecular weight is 248 g/mol. The molecule has 96 valence electrons. The first-order valence-corrected chi connectivity index (χ1v) is 6.13. The molecule has 1 aromatic rings. The zero-order chi connectivity index (χ0) is 12.5. The fourth-order valence-electron chi connectivity index (χ4n) is 2.64. The third-order valence-electron chi connectivity index (χ3n) is 3.54. The fraction of sp³-hybridized carbons (Fsp3) is 0.500. The van der Waals surface area contributed by atoms with E-state index in [1.807, 2.05) is 4.90 Å². The monoisotopic (exact) mass is 248 g/mol. The summed E-state index contributed by atoms with van der Waals surface area (Å²) in [7, 11) is 0. The van der Waals surface area contributed by atoms with Crippen molar-refractivity contribution < 1.29 is 9.53 Å². The van der Waals surface area contributed by atoms with Gasteiger partial charge < -0.3 is 15.1 Å². The van der Waals surface area contributed by atoms with Crippen LogP contribution in [-0.2, 0) is 4.74 Å². The molecular formula is C12H16N4O2. The second-order valence-corrected chi connectivity index (χ2v) is 4.73. The number of fused-ring (bicyclic) bond motifs is 2. The summed E-state index contributed by atoms with van der Waals surface area (Å²) in [6, 6.07) is 1.70. The normalized spacial score (nSPS) is 26.2. The molecule has 2 bridgehead atoms. The molecule has 2 aliphatic heterocycles. The Hall–Kier alpha value is -1.66. The molecule has 0 aliphatic carbocycles.